The average molecular weight is 273 g/mol. The second-order valence-corrected chi connectivity index (χ2v) is 4.41. The van der Waals surface area contributed by atoms with Crippen molar-refractivity contribution in [3.8, 4) is 0 Å². The molecule has 0 bridgehead atoms. The molecule has 0 radical (unpaired) electrons. The van der Waals surface area contributed by atoms with Gasteiger partial charge in [-0.25, -0.2) is 9.48 Å². The second kappa shape index (κ2) is 6.20. The molecule has 2 rings (SSSR count). The maximum absolute atomic E-state index is 11.7. The van der Waals surface area contributed by atoms with E-state index in [9.17, 15) is 4.79 Å². The first-order chi connectivity index (χ1) is 8.76. The predicted octanol–water partition coefficient (Wildman–Crippen LogP) is 2.50. The highest BCUT2D eigenvalue weighted by Gasteiger charge is 2.22. The van der Waals surface area contributed by atoms with Gasteiger partial charge in [-0.2, -0.15) is 5.10 Å². The molecule has 0 N–H and O–H groups in total. The molecule has 0 amide bonds. The highest BCUT2D eigenvalue weighted by molar-refractivity contribution is 6.17. The minimum atomic E-state index is -0.379. The van der Waals surface area contributed by atoms with E-state index < -0.39 is 0 Å². The third-order valence-corrected chi connectivity index (χ3v) is 3.13. The Labute approximate surface area is 111 Å². The van der Waals surface area contributed by atoms with E-state index in [1.165, 1.54) is 0 Å². The van der Waals surface area contributed by atoms with Crippen molar-refractivity contribution in [1.29, 1.82) is 0 Å². The largest absolute Gasteiger partial charge is 0.462 e. The Morgan fingerprint density at radius 1 is 1.67 bits per heavy atom. The molecule has 0 saturated carbocycles. The fourth-order valence-corrected chi connectivity index (χ4v) is 2.18. The molecule has 1 fully saturated rings. The average Bonchev–Trinajstić information content (AvgIpc) is 2.84. The number of aromatic nitrogens is 2. The Kier molecular flexibility index (Phi) is 4.60. The molecule has 0 spiro atoms. The summed E-state index contributed by atoms with van der Waals surface area (Å²) in [5.41, 5.74) is 0.977. The van der Waals surface area contributed by atoms with Crippen LogP contribution >= 0.6 is 11.6 Å². The van der Waals surface area contributed by atoms with Gasteiger partial charge in [0.25, 0.3) is 0 Å². The Balaban J connectivity index is 2.19. The molecule has 1 aromatic rings. The Bertz CT molecular complexity index is 413. The Morgan fingerprint density at radius 3 is 3.11 bits per heavy atom. The first-order valence-corrected chi connectivity index (χ1v) is 6.72. The van der Waals surface area contributed by atoms with E-state index >= 15 is 0 Å². The van der Waals surface area contributed by atoms with Crippen molar-refractivity contribution in [2.45, 2.75) is 38.3 Å². The molecule has 1 atom stereocenters. The van der Waals surface area contributed by atoms with E-state index in [1.807, 2.05) is 0 Å². The lowest BCUT2D eigenvalue weighted by atomic mass is 10.2. The lowest BCUT2D eigenvalue weighted by Gasteiger charge is -2.22. The van der Waals surface area contributed by atoms with Crippen LogP contribution in [0.2, 0.25) is 0 Å². The third-order valence-electron chi connectivity index (χ3n) is 2.88. The number of carbonyl (C=O) groups is 1. The van der Waals surface area contributed by atoms with Gasteiger partial charge in [-0.05, 0) is 26.2 Å². The van der Waals surface area contributed by atoms with Gasteiger partial charge in [-0.3, -0.25) is 0 Å². The van der Waals surface area contributed by atoms with Crippen LogP contribution in [0.1, 0.15) is 48.5 Å². The number of carbonyl (C=O) groups excluding carboxylic acids is 1. The Morgan fingerprint density at radius 2 is 2.50 bits per heavy atom. The van der Waals surface area contributed by atoms with E-state index in [0.717, 1.165) is 25.9 Å². The number of esters is 1. The topological polar surface area (TPSA) is 53.4 Å². The summed E-state index contributed by atoms with van der Waals surface area (Å²) < 4.78 is 12.3. The number of nitrogens with zero attached hydrogens (tertiary/aromatic N) is 2. The molecule has 1 aliphatic heterocycles. The van der Waals surface area contributed by atoms with E-state index in [-0.39, 0.29) is 18.1 Å². The fraction of sp³-hybridized carbons (Fsp3) is 0.667. The van der Waals surface area contributed by atoms with Crippen LogP contribution in [0.25, 0.3) is 0 Å². The molecule has 6 heteroatoms. The quantitative estimate of drug-likeness (QED) is 0.624. The molecular formula is C12H17ClN2O3. The molecule has 1 unspecified atom stereocenters. The molecular weight excluding hydrogens is 256 g/mol. The maximum atomic E-state index is 11.7. The van der Waals surface area contributed by atoms with Crippen molar-refractivity contribution < 1.29 is 14.3 Å². The number of alkyl halides is 1. The zero-order valence-corrected chi connectivity index (χ0v) is 11.2. The van der Waals surface area contributed by atoms with Crippen LogP contribution in [0.15, 0.2) is 6.20 Å². The molecule has 0 aliphatic carbocycles. The smallest absolute Gasteiger partial charge is 0.341 e. The van der Waals surface area contributed by atoms with Crippen LogP contribution in [-0.2, 0) is 15.4 Å². The molecule has 18 heavy (non-hydrogen) atoms. The van der Waals surface area contributed by atoms with Crippen LogP contribution in [0.4, 0.5) is 0 Å². The molecule has 5 nitrogen and oxygen atoms in total. The van der Waals surface area contributed by atoms with Crippen LogP contribution < -0.4 is 0 Å². The number of rotatable bonds is 4. The summed E-state index contributed by atoms with van der Waals surface area (Å²) in [4.78, 5) is 11.7. The van der Waals surface area contributed by atoms with Gasteiger partial charge in [0.05, 0.1) is 18.2 Å². The summed E-state index contributed by atoms with van der Waals surface area (Å²) in [7, 11) is 0. The van der Waals surface area contributed by atoms with Gasteiger partial charge in [-0.1, -0.05) is 0 Å². The lowest BCUT2D eigenvalue weighted by Crippen LogP contribution is -2.18. The van der Waals surface area contributed by atoms with Gasteiger partial charge in [0.15, 0.2) is 0 Å². The van der Waals surface area contributed by atoms with Gasteiger partial charge in [-0.15, -0.1) is 11.6 Å². The minimum absolute atomic E-state index is 0.0936. The SMILES string of the molecule is CCOC(=O)c1cn(C2CCCCO2)nc1CCl. The van der Waals surface area contributed by atoms with E-state index in [4.69, 9.17) is 21.1 Å². The van der Waals surface area contributed by atoms with Crippen LogP contribution in [0.5, 0.6) is 0 Å². The summed E-state index contributed by atoms with van der Waals surface area (Å²) in [6.07, 6.45) is 4.67. The summed E-state index contributed by atoms with van der Waals surface area (Å²) in [5, 5.41) is 4.31. The van der Waals surface area contributed by atoms with E-state index in [2.05, 4.69) is 5.10 Å². The predicted molar refractivity (Wildman–Crippen MR) is 66.6 cm³/mol. The highest BCUT2D eigenvalue weighted by atomic mass is 35.5. The zero-order valence-electron chi connectivity index (χ0n) is 10.4. The number of halogens is 1. The summed E-state index contributed by atoms with van der Waals surface area (Å²) in [6.45, 7) is 2.84. The van der Waals surface area contributed by atoms with Crippen LogP contribution in [-0.4, -0.2) is 29.0 Å². The third kappa shape index (κ3) is 2.84. The normalized spacial score (nSPS) is 19.8. The molecule has 1 aromatic heterocycles. The van der Waals surface area contributed by atoms with Crippen molar-refractivity contribution in [3.05, 3.63) is 17.5 Å². The molecule has 1 aliphatic rings. The first-order valence-electron chi connectivity index (χ1n) is 6.19. The van der Waals surface area contributed by atoms with Gasteiger partial charge in [0, 0.05) is 12.8 Å². The van der Waals surface area contributed by atoms with E-state index in [1.54, 1.807) is 17.8 Å². The second-order valence-electron chi connectivity index (χ2n) is 4.14. The number of ether oxygens (including phenoxy) is 2. The van der Waals surface area contributed by atoms with Gasteiger partial charge in [0.2, 0.25) is 0 Å². The van der Waals surface area contributed by atoms with Crippen molar-refractivity contribution in [1.82, 2.24) is 9.78 Å². The van der Waals surface area contributed by atoms with Crippen molar-refractivity contribution >= 4 is 17.6 Å². The van der Waals surface area contributed by atoms with Crippen LogP contribution in [0.3, 0.4) is 0 Å². The van der Waals surface area contributed by atoms with Gasteiger partial charge >= 0.3 is 5.97 Å². The van der Waals surface area contributed by atoms with Crippen LogP contribution in [0, 0.1) is 0 Å². The Hall–Kier alpha value is -1.07. The first kappa shape index (κ1) is 13.4. The summed E-state index contributed by atoms with van der Waals surface area (Å²) >= 11 is 5.80. The van der Waals surface area contributed by atoms with Crippen molar-refractivity contribution in [2.75, 3.05) is 13.2 Å². The maximum Gasteiger partial charge on any atom is 0.341 e. The van der Waals surface area contributed by atoms with Gasteiger partial charge in [0.1, 0.15) is 11.8 Å². The molecule has 100 valence electrons. The fourth-order valence-electron chi connectivity index (χ4n) is 1.99. The highest BCUT2D eigenvalue weighted by Crippen LogP contribution is 2.23. The molecule has 1 saturated heterocycles. The van der Waals surface area contributed by atoms with Gasteiger partial charge < -0.3 is 9.47 Å². The standard InChI is InChI=1S/C12H17ClN2O3/c1-2-17-12(16)9-8-15(14-10(9)7-13)11-5-3-4-6-18-11/h8,11H,2-7H2,1H3. The minimum Gasteiger partial charge on any atom is -0.462 e. The summed E-state index contributed by atoms with van der Waals surface area (Å²) in [6, 6.07) is 0. The molecule has 2 heterocycles. The van der Waals surface area contributed by atoms with Crippen molar-refractivity contribution in [3.63, 3.8) is 0 Å². The zero-order chi connectivity index (χ0) is 13.0. The molecule has 0 aromatic carbocycles. The van der Waals surface area contributed by atoms with Crippen molar-refractivity contribution in [2.24, 2.45) is 0 Å². The van der Waals surface area contributed by atoms with E-state index in [0.29, 0.717) is 17.9 Å². The monoisotopic (exact) mass is 272 g/mol. The summed E-state index contributed by atoms with van der Waals surface area (Å²) in [5.74, 6) is -0.191. The number of hydrogen-bond donors (Lipinski definition) is 0. The number of hydrogen-bond acceptors (Lipinski definition) is 4. The lowest BCUT2D eigenvalue weighted by molar-refractivity contribution is -0.0396.